The van der Waals surface area contributed by atoms with Crippen molar-refractivity contribution in [1.82, 2.24) is 9.88 Å². The van der Waals surface area contributed by atoms with Crippen LogP contribution in [0.1, 0.15) is 34.5 Å². The molecule has 5 rings (SSSR count). The molecule has 200 valence electrons. The second-order valence-corrected chi connectivity index (χ2v) is 10.2. The molecule has 1 aliphatic rings. The molecule has 1 aromatic heterocycles. The second kappa shape index (κ2) is 10.8. The van der Waals surface area contributed by atoms with Gasteiger partial charge >= 0.3 is 0 Å². The Labute approximate surface area is 228 Å². The van der Waals surface area contributed by atoms with Crippen LogP contribution in [0.5, 0.6) is 17.2 Å². The number of H-pyrrole nitrogens is 1. The number of ether oxygens (including phenoxy) is 3. The first-order chi connectivity index (χ1) is 18.4. The summed E-state index contributed by atoms with van der Waals surface area (Å²) in [5.41, 5.74) is 4.41. The Balaban J connectivity index is 1.55. The largest absolute Gasteiger partial charge is 0.493 e. The number of carbonyl (C=O) groups is 1. The maximum absolute atomic E-state index is 14.0. The predicted molar refractivity (Wildman–Crippen MR) is 154 cm³/mol. The average Bonchev–Trinajstić information content (AvgIpc) is 3.49. The van der Waals surface area contributed by atoms with Gasteiger partial charge in [-0.15, -0.1) is 11.6 Å². The van der Waals surface area contributed by atoms with Gasteiger partial charge < -0.3 is 29.0 Å². The predicted octanol–water partition coefficient (Wildman–Crippen LogP) is 5.96. The maximum atomic E-state index is 14.0. The van der Waals surface area contributed by atoms with Crippen molar-refractivity contribution in [3.05, 3.63) is 59.3 Å². The fraction of sp³-hybridized carbons (Fsp3) is 0.367. The molecule has 1 unspecified atom stereocenters. The van der Waals surface area contributed by atoms with E-state index in [1.165, 1.54) is 0 Å². The van der Waals surface area contributed by atoms with Crippen LogP contribution >= 0.6 is 11.6 Å². The molecule has 7 nitrogen and oxygen atoms in total. The number of amides is 1. The Bertz CT molecular complexity index is 1500. The van der Waals surface area contributed by atoms with Gasteiger partial charge in [0.25, 0.3) is 5.91 Å². The van der Waals surface area contributed by atoms with Crippen LogP contribution in [-0.4, -0.2) is 69.2 Å². The van der Waals surface area contributed by atoms with Gasteiger partial charge in [0.05, 0.1) is 19.4 Å². The fourth-order valence-corrected chi connectivity index (χ4v) is 5.54. The van der Waals surface area contributed by atoms with Gasteiger partial charge in [0.15, 0.2) is 11.5 Å². The standard InChI is InChI=1S/C30H34ClN3O4/c1-6-37-25-15-24-29(28-18(2)8-7-9-21(25)28)20(16-31)17-34(24)30(35)23-12-19-13-27(38-11-10-33(3)4)26(36-5)14-22(19)32-23/h7-9,12-15,20,32H,6,10-11,16-17H2,1-5H3. The number of hydrogen-bond donors (Lipinski definition) is 1. The number of nitrogens with one attached hydrogen (secondary N) is 1. The van der Waals surface area contributed by atoms with E-state index in [0.717, 1.165) is 50.8 Å². The van der Waals surface area contributed by atoms with E-state index >= 15 is 0 Å². The Morgan fingerprint density at radius 1 is 1.13 bits per heavy atom. The SMILES string of the molecule is CCOc1cc2c(c3c(C)cccc13)C(CCl)CN2C(=O)c1cc2cc(OCCN(C)C)c(OC)cc2[nH]1. The maximum Gasteiger partial charge on any atom is 0.274 e. The van der Waals surface area contributed by atoms with Gasteiger partial charge in [0.2, 0.25) is 0 Å². The number of aryl methyl sites for hydroxylation is 1. The minimum absolute atomic E-state index is 0.0241. The van der Waals surface area contributed by atoms with Crippen LogP contribution in [-0.2, 0) is 0 Å². The third-order valence-electron chi connectivity index (χ3n) is 7.12. The van der Waals surface area contributed by atoms with Crippen molar-refractivity contribution >= 4 is 44.9 Å². The molecule has 0 radical (unpaired) electrons. The fourth-order valence-electron chi connectivity index (χ4n) is 5.29. The first-order valence-electron chi connectivity index (χ1n) is 12.9. The number of fused-ring (bicyclic) bond motifs is 4. The lowest BCUT2D eigenvalue weighted by Gasteiger charge is -2.19. The number of methoxy groups -OCH3 is 1. The molecule has 0 aliphatic carbocycles. The lowest BCUT2D eigenvalue weighted by atomic mass is 9.92. The van der Waals surface area contributed by atoms with Crippen LogP contribution in [0.15, 0.2) is 42.5 Å². The zero-order valence-corrected chi connectivity index (χ0v) is 23.3. The van der Waals surface area contributed by atoms with Crippen molar-refractivity contribution in [2.24, 2.45) is 0 Å². The van der Waals surface area contributed by atoms with E-state index in [-0.39, 0.29) is 11.8 Å². The third-order valence-corrected chi connectivity index (χ3v) is 7.49. The van der Waals surface area contributed by atoms with Gasteiger partial charge in [0, 0.05) is 53.3 Å². The molecule has 2 heterocycles. The van der Waals surface area contributed by atoms with E-state index in [0.29, 0.717) is 42.8 Å². The highest BCUT2D eigenvalue weighted by Gasteiger charge is 2.36. The van der Waals surface area contributed by atoms with Gasteiger partial charge in [-0.2, -0.15) is 0 Å². The molecule has 0 saturated carbocycles. The number of hydrogen-bond acceptors (Lipinski definition) is 5. The molecule has 0 bridgehead atoms. The number of nitrogens with zero attached hydrogens (tertiary/aromatic N) is 2. The quantitative estimate of drug-likeness (QED) is 0.268. The highest BCUT2D eigenvalue weighted by molar-refractivity contribution is 6.19. The molecule has 38 heavy (non-hydrogen) atoms. The smallest absolute Gasteiger partial charge is 0.274 e. The van der Waals surface area contributed by atoms with Gasteiger partial charge in [-0.3, -0.25) is 4.79 Å². The number of halogens is 1. The highest BCUT2D eigenvalue weighted by atomic mass is 35.5. The molecule has 1 atom stereocenters. The lowest BCUT2D eigenvalue weighted by Crippen LogP contribution is -2.30. The molecule has 1 aliphatic heterocycles. The molecule has 8 heteroatoms. The van der Waals surface area contributed by atoms with Crippen molar-refractivity contribution in [3.8, 4) is 17.2 Å². The van der Waals surface area contributed by atoms with E-state index in [4.69, 9.17) is 25.8 Å². The summed E-state index contributed by atoms with van der Waals surface area (Å²) in [4.78, 5) is 21.1. The van der Waals surface area contributed by atoms with Crippen molar-refractivity contribution < 1.29 is 19.0 Å². The monoisotopic (exact) mass is 535 g/mol. The molecule has 0 saturated heterocycles. The summed E-state index contributed by atoms with van der Waals surface area (Å²) in [5, 5.41) is 3.05. The molecule has 0 fully saturated rings. The van der Waals surface area contributed by atoms with Gasteiger partial charge in [0.1, 0.15) is 18.1 Å². The zero-order chi connectivity index (χ0) is 27.0. The van der Waals surface area contributed by atoms with Gasteiger partial charge in [-0.25, -0.2) is 0 Å². The number of alkyl halides is 1. The summed E-state index contributed by atoms with van der Waals surface area (Å²) in [6.45, 7) is 6.43. The summed E-state index contributed by atoms with van der Waals surface area (Å²) >= 11 is 6.47. The number of rotatable bonds is 9. The summed E-state index contributed by atoms with van der Waals surface area (Å²) in [6.07, 6.45) is 0. The third kappa shape index (κ3) is 4.65. The topological polar surface area (TPSA) is 67.0 Å². The molecular weight excluding hydrogens is 502 g/mol. The number of likely N-dealkylation sites (N-methyl/N-ethyl adjacent to an activating group) is 1. The summed E-state index contributed by atoms with van der Waals surface area (Å²) < 4.78 is 17.6. The van der Waals surface area contributed by atoms with E-state index in [1.54, 1.807) is 7.11 Å². The van der Waals surface area contributed by atoms with Crippen LogP contribution in [0.25, 0.3) is 21.7 Å². The van der Waals surface area contributed by atoms with Crippen LogP contribution in [0.3, 0.4) is 0 Å². The highest BCUT2D eigenvalue weighted by Crippen LogP contribution is 2.47. The van der Waals surface area contributed by atoms with Crippen LogP contribution < -0.4 is 19.1 Å². The van der Waals surface area contributed by atoms with Crippen LogP contribution in [0.2, 0.25) is 0 Å². The van der Waals surface area contributed by atoms with Crippen molar-refractivity contribution in [1.29, 1.82) is 0 Å². The van der Waals surface area contributed by atoms with Crippen molar-refractivity contribution in [2.45, 2.75) is 19.8 Å². The van der Waals surface area contributed by atoms with Crippen LogP contribution in [0, 0.1) is 6.92 Å². The van der Waals surface area contributed by atoms with E-state index < -0.39 is 0 Å². The summed E-state index contributed by atoms with van der Waals surface area (Å²) in [6, 6.07) is 13.9. The minimum atomic E-state index is -0.112. The summed E-state index contributed by atoms with van der Waals surface area (Å²) in [7, 11) is 5.62. The molecule has 1 N–H and O–H groups in total. The van der Waals surface area contributed by atoms with E-state index in [9.17, 15) is 4.79 Å². The molecule has 1 amide bonds. The minimum Gasteiger partial charge on any atom is -0.493 e. The summed E-state index contributed by atoms with van der Waals surface area (Å²) in [5.74, 6) is 2.38. The number of anilines is 1. The Kier molecular flexibility index (Phi) is 7.41. The Morgan fingerprint density at radius 2 is 1.95 bits per heavy atom. The van der Waals surface area contributed by atoms with Crippen molar-refractivity contribution in [2.75, 3.05) is 58.3 Å². The van der Waals surface area contributed by atoms with Gasteiger partial charge in [-0.1, -0.05) is 18.2 Å². The van der Waals surface area contributed by atoms with E-state index in [2.05, 4.69) is 28.9 Å². The Morgan fingerprint density at radius 3 is 2.66 bits per heavy atom. The van der Waals surface area contributed by atoms with Gasteiger partial charge in [-0.05, 0) is 56.6 Å². The molecule has 0 spiro atoms. The van der Waals surface area contributed by atoms with Crippen LogP contribution in [0.4, 0.5) is 5.69 Å². The number of benzene rings is 3. The number of carbonyl (C=O) groups excluding carboxylic acids is 1. The molecule has 3 aromatic carbocycles. The second-order valence-electron chi connectivity index (χ2n) is 9.93. The molecule has 4 aromatic rings. The first kappa shape index (κ1) is 26.2. The first-order valence-corrected chi connectivity index (χ1v) is 13.4. The lowest BCUT2D eigenvalue weighted by molar-refractivity contribution is 0.0984. The average molecular weight is 536 g/mol. The normalized spacial score (nSPS) is 14.9. The number of aromatic nitrogens is 1. The number of aromatic amines is 1. The zero-order valence-electron chi connectivity index (χ0n) is 22.6. The Hall–Kier alpha value is -3.42. The molecular formula is C30H34ClN3O4. The van der Waals surface area contributed by atoms with Crippen molar-refractivity contribution in [3.63, 3.8) is 0 Å². The van der Waals surface area contributed by atoms with E-state index in [1.807, 2.05) is 56.3 Å².